The van der Waals surface area contributed by atoms with Crippen molar-refractivity contribution >= 4 is 23.6 Å². The number of rotatable bonds is 6. The van der Waals surface area contributed by atoms with E-state index in [-0.39, 0.29) is 12.3 Å². The summed E-state index contributed by atoms with van der Waals surface area (Å²) >= 11 is 0. The Morgan fingerprint density at radius 2 is 1.81 bits per heavy atom. The molecule has 0 saturated carbocycles. The van der Waals surface area contributed by atoms with Crippen molar-refractivity contribution in [3.05, 3.63) is 75.3 Å². The fourth-order valence-electron chi connectivity index (χ4n) is 2.29. The lowest BCUT2D eigenvalue weighted by atomic mass is 10.1. The average Bonchev–Trinajstić information content (AvgIpc) is 2.62. The third-order valence-electron chi connectivity index (χ3n) is 3.40. The van der Waals surface area contributed by atoms with Crippen LogP contribution in [-0.2, 0) is 9.59 Å². The largest absolute Gasteiger partial charge is 0.484 e. The molecule has 0 fully saturated rings. The number of hydrogen-bond donors (Lipinski definition) is 2. The van der Waals surface area contributed by atoms with Crippen LogP contribution in [0.1, 0.15) is 16.7 Å². The van der Waals surface area contributed by atoms with Crippen LogP contribution in [0.25, 0.3) is 6.08 Å². The highest BCUT2D eigenvalue weighted by Gasteiger charge is 2.06. The molecule has 2 rings (SSSR count). The summed E-state index contributed by atoms with van der Waals surface area (Å²) in [4.78, 5) is 33.6. The molecule has 0 aliphatic carbocycles. The average molecular weight is 369 g/mol. The molecule has 0 bridgehead atoms. The Kier molecular flexibility index (Phi) is 6.65. The summed E-state index contributed by atoms with van der Waals surface area (Å²) in [5.74, 6) is -0.535. The van der Waals surface area contributed by atoms with E-state index in [9.17, 15) is 19.7 Å². The Bertz CT molecular complexity index is 872. The zero-order valence-corrected chi connectivity index (χ0v) is 14.9. The Balaban J connectivity index is 1.80. The minimum atomic E-state index is -0.582. The number of aryl methyl sites for hydroxylation is 2. The van der Waals surface area contributed by atoms with E-state index in [0.29, 0.717) is 11.3 Å². The van der Waals surface area contributed by atoms with Crippen LogP contribution in [0.15, 0.2) is 48.5 Å². The van der Waals surface area contributed by atoms with Crippen molar-refractivity contribution in [2.75, 3.05) is 6.61 Å². The van der Waals surface area contributed by atoms with Crippen LogP contribution in [0.4, 0.5) is 5.69 Å². The van der Waals surface area contributed by atoms with Gasteiger partial charge in [-0.05, 0) is 48.7 Å². The van der Waals surface area contributed by atoms with Crippen LogP contribution < -0.4 is 15.6 Å². The molecule has 0 aromatic heterocycles. The normalized spacial score (nSPS) is 10.4. The fraction of sp³-hybridized carbons (Fsp3) is 0.158. The zero-order chi connectivity index (χ0) is 19.8. The lowest BCUT2D eigenvalue weighted by Gasteiger charge is -2.09. The number of ether oxygens (including phenoxy) is 1. The van der Waals surface area contributed by atoms with Gasteiger partial charge in [0, 0.05) is 18.2 Å². The molecule has 27 heavy (non-hydrogen) atoms. The first-order chi connectivity index (χ1) is 12.8. The van der Waals surface area contributed by atoms with Crippen LogP contribution in [-0.4, -0.2) is 23.3 Å². The predicted octanol–water partition coefficient (Wildman–Crippen LogP) is 2.45. The Labute approximate surface area is 156 Å². The van der Waals surface area contributed by atoms with Gasteiger partial charge in [-0.2, -0.15) is 0 Å². The molecule has 140 valence electrons. The maximum absolute atomic E-state index is 11.7. The van der Waals surface area contributed by atoms with Crippen LogP contribution in [0, 0.1) is 24.0 Å². The van der Waals surface area contributed by atoms with Gasteiger partial charge in [0.1, 0.15) is 5.75 Å². The summed E-state index contributed by atoms with van der Waals surface area (Å²) in [5, 5.41) is 10.7. The summed E-state index contributed by atoms with van der Waals surface area (Å²) in [6, 6.07) is 11.4. The van der Waals surface area contributed by atoms with E-state index in [1.165, 1.54) is 24.3 Å². The van der Waals surface area contributed by atoms with E-state index in [2.05, 4.69) is 10.9 Å². The number of carbonyl (C=O) groups excluding carboxylic acids is 2. The Hall–Kier alpha value is -3.68. The smallest absolute Gasteiger partial charge is 0.276 e. The van der Waals surface area contributed by atoms with E-state index in [4.69, 9.17) is 4.74 Å². The highest BCUT2D eigenvalue weighted by atomic mass is 16.6. The van der Waals surface area contributed by atoms with Gasteiger partial charge in [0.2, 0.25) is 0 Å². The number of hydrazine groups is 1. The number of nitrogens with one attached hydrogen (secondary N) is 2. The van der Waals surface area contributed by atoms with Crippen LogP contribution in [0.5, 0.6) is 5.75 Å². The number of benzene rings is 2. The third kappa shape index (κ3) is 6.62. The van der Waals surface area contributed by atoms with Gasteiger partial charge in [0.05, 0.1) is 4.92 Å². The first-order valence-corrected chi connectivity index (χ1v) is 8.06. The van der Waals surface area contributed by atoms with Crippen molar-refractivity contribution in [1.82, 2.24) is 10.9 Å². The molecule has 2 N–H and O–H groups in total. The minimum Gasteiger partial charge on any atom is -0.484 e. The summed E-state index contributed by atoms with van der Waals surface area (Å²) in [6.07, 6.45) is 2.56. The minimum absolute atomic E-state index is 0.0746. The molecule has 0 atom stereocenters. The van der Waals surface area contributed by atoms with Gasteiger partial charge in [-0.3, -0.25) is 30.6 Å². The standard InChI is InChI=1S/C19H19N3O5/c1-13-8-14(2)10-17(9-13)27-12-19(24)21-20-18(23)7-6-15-4-3-5-16(11-15)22(25)26/h3-11H,12H2,1-2H3,(H,20,23)(H,21,24)/b7-6+. The molecule has 2 amide bonds. The lowest BCUT2D eigenvalue weighted by Crippen LogP contribution is -2.43. The van der Waals surface area contributed by atoms with Gasteiger partial charge in [0.25, 0.3) is 17.5 Å². The molecule has 8 nitrogen and oxygen atoms in total. The monoisotopic (exact) mass is 369 g/mol. The summed E-state index contributed by atoms with van der Waals surface area (Å²) in [6.45, 7) is 3.60. The summed E-state index contributed by atoms with van der Waals surface area (Å²) in [5.41, 5.74) is 6.89. The Morgan fingerprint density at radius 3 is 2.48 bits per heavy atom. The number of hydrogen-bond acceptors (Lipinski definition) is 5. The molecular weight excluding hydrogens is 350 g/mol. The molecule has 2 aromatic carbocycles. The van der Waals surface area contributed by atoms with Gasteiger partial charge >= 0.3 is 0 Å². The first-order valence-electron chi connectivity index (χ1n) is 8.06. The van der Waals surface area contributed by atoms with Crippen LogP contribution >= 0.6 is 0 Å². The third-order valence-corrected chi connectivity index (χ3v) is 3.40. The van der Waals surface area contributed by atoms with Gasteiger partial charge in [-0.15, -0.1) is 0 Å². The number of nitrogens with zero attached hydrogens (tertiary/aromatic N) is 1. The van der Waals surface area contributed by atoms with Gasteiger partial charge < -0.3 is 4.74 Å². The van der Waals surface area contributed by atoms with Crippen LogP contribution in [0.3, 0.4) is 0 Å². The van der Waals surface area contributed by atoms with Crippen molar-refractivity contribution in [2.24, 2.45) is 0 Å². The molecule has 0 aliphatic heterocycles. The highest BCUT2D eigenvalue weighted by Crippen LogP contribution is 2.16. The molecule has 2 aromatic rings. The molecule has 0 unspecified atom stereocenters. The van der Waals surface area contributed by atoms with Crippen molar-refractivity contribution in [2.45, 2.75) is 13.8 Å². The van der Waals surface area contributed by atoms with Gasteiger partial charge in [-0.1, -0.05) is 18.2 Å². The molecular formula is C19H19N3O5. The van der Waals surface area contributed by atoms with E-state index in [1.807, 2.05) is 19.9 Å². The molecule has 8 heteroatoms. The zero-order valence-electron chi connectivity index (χ0n) is 14.9. The topological polar surface area (TPSA) is 111 Å². The fourth-order valence-corrected chi connectivity index (χ4v) is 2.29. The van der Waals surface area contributed by atoms with E-state index in [1.54, 1.807) is 18.2 Å². The number of amides is 2. The number of nitro benzene ring substituents is 1. The Morgan fingerprint density at radius 1 is 1.11 bits per heavy atom. The maximum Gasteiger partial charge on any atom is 0.276 e. The second-order valence-electron chi connectivity index (χ2n) is 5.83. The molecule has 0 aliphatic rings. The summed E-state index contributed by atoms with van der Waals surface area (Å²) in [7, 11) is 0. The molecule has 0 heterocycles. The van der Waals surface area contributed by atoms with Gasteiger partial charge in [-0.25, -0.2) is 0 Å². The van der Waals surface area contributed by atoms with E-state index < -0.39 is 16.7 Å². The van der Waals surface area contributed by atoms with Crippen molar-refractivity contribution in [3.63, 3.8) is 0 Å². The van der Waals surface area contributed by atoms with Crippen molar-refractivity contribution in [3.8, 4) is 5.75 Å². The first kappa shape index (κ1) is 19.6. The van der Waals surface area contributed by atoms with E-state index in [0.717, 1.165) is 17.2 Å². The number of carbonyl (C=O) groups is 2. The number of nitro groups is 1. The molecule has 0 spiro atoms. The molecule has 0 radical (unpaired) electrons. The predicted molar refractivity (Wildman–Crippen MR) is 99.8 cm³/mol. The second kappa shape index (κ2) is 9.14. The highest BCUT2D eigenvalue weighted by molar-refractivity contribution is 5.93. The molecule has 0 saturated heterocycles. The van der Waals surface area contributed by atoms with Crippen LogP contribution in [0.2, 0.25) is 0 Å². The SMILES string of the molecule is Cc1cc(C)cc(OCC(=O)NNC(=O)/C=C/c2cccc([N+](=O)[O-])c2)c1. The van der Waals surface area contributed by atoms with E-state index >= 15 is 0 Å². The lowest BCUT2D eigenvalue weighted by molar-refractivity contribution is -0.384. The van der Waals surface area contributed by atoms with Crippen molar-refractivity contribution in [1.29, 1.82) is 0 Å². The second-order valence-corrected chi connectivity index (χ2v) is 5.83. The maximum atomic E-state index is 11.7. The van der Waals surface area contributed by atoms with Gasteiger partial charge in [0.15, 0.2) is 6.61 Å². The van der Waals surface area contributed by atoms with Crippen molar-refractivity contribution < 1.29 is 19.2 Å². The number of non-ortho nitro benzene ring substituents is 1. The quantitative estimate of drug-likeness (QED) is 0.462. The summed E-state index contributed by atoms with van der Waals surface area (Å²) < 4.78 is 5.38.